The first-order valence-electron chi connectivity index (χ1n) is 6.64. The molecule has 106 valence electrons. The number of anilines is 2. The fraction of sp³-hybridized carbons (Fsp3) is 0.333. The summed E-state index contributed by atoms with van der Waals surface area (Å²) in [4.78, 5) is 10.7. The maximum Gasteiger partial charge on any atom is 0.224 e. The number of hydrogen-bond donors (Lipinski definition) is 1. The number of ether oxygens (including phenoxy) is 1. The normalized spacial score (nSPS) is 10.2. The van der Waals surface area contributed by atoms with Crippen LogP contribution in [0, 0.1) is 0 Å². The number of rotatable bonds is 6. The van der Waals surface area contributed by atoms with Crippen molar-refractivity contribution in [1.29, 1.82) is 0 Å². The third-order valence-electron chi connectivity index (χ3n) is 2.97. The average molecular weight is 272 g/mol. The van der Waals surface area contributed by atoms with Gasteiger partial charge in [0.25, 0.3) is 0 Å². The molecule has 0 bridgehead atoms. The molecule has 2 aromatic rings. The van der Waals surface area contributed by atoms with E-state index in [4.69, 9.17) is 4.74 Å². The van der Waals surface area contributed by atoms with Crippen LogP contribution in [0.4, 0.5) is 11.8 Å². The van der Waals surface area contributed by atoms with Crippen LogP contribution >= 0.6 is 0 Å². The lowest BCUT2D eigenvalue weighted by atomic mass is 10.2. The molecule has 1 aromatic carbocycles. The second-order valence-corrected chi connectivity index (χ2v) is 4.44. The summed E-state index contributed by atoms with van der Waals surface area (Å²) in [5.41, 5.74) is 1.13. The standard InChI is InChI=1S/C15H20N4O/c1-4-16-15-17-10-9-14(18-15)19(2)11-12-7-5-6-8-13(12)20-3/h5-10H,4,11H2,1-3H3,(H,16,17,18). The zero-order valence-electron chi connectivity index (χ0n) is 12.1. The van der Waals surface area contributed by atoms with E-state index in [0.29, 0.717) is 5.95 Å². The van der Waals surface area contributed by atoms with Crippen molar-refractivity contribution < 1.29 is 4.74 Å². The lowest BCUT2D eigenvalue weighted by Gasteiger charge is -2.20. The summed E-state index contributed by atoms with van der Waals surface area (Å²) in [7, 11) is 3.69. The molecule has 0 saturated heterocycles. The Balaban J connectivity index is 2.15. The third kappa shape index (κ3) is 3.38. The summed E-state index contributed by atoms with van der Waals surface area (Å²) < 4.78 is 5.37. The summed E-state index contributed by atoms with van der Waals surface area (Å²) in [6.07, 6.45) is 1.76. The molecule has 0 aliphatic heterocycles. The van der Waals surface area contributed by atoms with Crippen LogP contribution in [0.1, 0.15) is 12.5 Å². The largest absolute Gasteiger partial charge is 0.496 e. The van der Waals surface area contributed by atoms with E-state index >= 15 is 0 Å². The minimum absolute atomic E-state index is 0.650. The highest BCUT2D eigenvalue weighted by Crippen LogP contribution is 2.21. The lowest BCUT2D eigenvalue weighted by molar-refractivity contribution is 0.409. The van der Waals surface area contributed by atoms with E-state index in [1.165, 1.54) is 0 Å². The summed E-state index contributed by atoms with van der Waals surface area (Å²) in [5, 5.41) is 3.12. The molecule has 2 rings (SSSR count). The number of nitrogens with zero attached hydrogens (tertiary/aromatic N) is 3. The Bertz CT molecular complexity index is 559. The van der Waals surface area contributed by atoms with Crippen molar-refractivity contribution in [3.05, 3.63) is 42.1 Å². The zero-order valence-corrected chi connectivity index (χ0v) is 12.1. The Labute approximate surface area is 119 Å². The predicted molar refractivity (Wildman–Crippen MR) is 81.3 cm³/mol. The fourth-order valence-corrected chi connectivity index (χ4v) is 1.98. The first-order valence-corrected chi connectivity index (χ1v) is 6.64. The van der Waals surface area contributed by atoms with Crippen LogP contribution in [0.15, 0.2) is 36.5 Å². The molecule has 0 fully saturated rings. The first kappa shape index (κ1) is 14.1. The van der Waals surface area contributed by atoms with Gasteiger partial charge in [0.15, 0.2) is 0 Å². The molecule has 0 spiro atoms. The van der Waals surface area contributed by atoms with E-state index in [0.717, 1.165) is 30.2 Å². The Hall–Kier alpha value is -2.30. The molecule has 0 radical (unpaired) electrons. The van der Waals surface area contributed by atoms with E-state index in [2.05, 4.69) is 26.3 Å². The van der Waals surface area contributed by atoms with Crippen LogP contribution in [-0.4, -0.2) is 30.7 Å². The molecule has 0 unspecified atom stereocenters. The molecular formula is C15H20N4O. The lowest BCUT2D eigenvalue weighted by Crippen LogP contribution is -2.19. The van der Waals surface area contributed by atoms with Gasteiger partial charge in [-0.1, -0.05) is 18.2 Å². The van der Waals surface area contributed by atoms with E-state index in [-0.39, 0.29) is 0 Å². The van der Waals surface area contributed by atoms with Crippen molar-refractivity contribution in [1.82, 2.24) is 9.97 Å². The van der Waals surface area contributed by atoms with Crippen molar-refractivity contribution in [2.45, 2.75) is 13.5 Å². The molecule has 0 amide bonds. The summed E-state index contributed by atoms with van der Waals surface area (Å²) in [6, 6.07) is 9.90. The highest BCUT2D eigenvalue weighted by molar-refractivity contribution is 5.44. The highest BCUT2D eigenvalue weighted by atomic mass is 16.5. The van der Waals surface area contributed by atoms with Gasteiger partial charge in [0, 0.05) is 31.9 Å². The molecule has 0 aliphatic rings. The molecule has 5 heteroatoms. The van der Waals surface area contributed by atoms with Crippen LogP contribution in [0.25, 0.3) is 0 Å². The number of hydrogen-bond acceptors (Lipinski definition) is 5. The molecule has 1 N–H and O–H groups in total. The van der Waals surface area contributed by atoms with Gasteiger partial charge in [0.2, 0.25) is 5.95 Å². The Kier molecular flexibility index (Phi) is 4.76. The summed E-state index contributed by atoms with van der Waals surface area (Å²) >= 11 is 0. The van der Waals surface area contributed by atoms with Gasteiger partial charge < -0.3 is 15.0 Å². The van der Waals surface area contributed by atoms with Gasteiger partial charge in [-0.3, -0.25) is 0 Å². The second-order valence-electron chi connectivity index (χ2n) is 4.44. The molecule has 0 atom stereocenters. The Morgan fingerprint density at radius 3 is 2.80 bits per heavy atom. The van der Waals surface area contributed by atoms with Crippen molar-refractivity contribution in [2.24, 2.45) is 0 Å². The predicted octanol–water partition coefficient (Wildman–Crippen LogP) is 2.55. The van der Waals surface area contributed by atoms with Crippen molar-refractivity contribution in [3.63, 3.8) is 0 Å². The maximum atomic E-state index is 5.37. The SMILES string of the molecule is CCNc1nccc(N(C)Cc2ccccc2OC)n1. The van der Waals surface area contributed by atoms with Crippen LogP contribution in [0.5, 0.6) is 5.75 Å². The molecule has 0 saturated carbocycles. The van der Waals surface area contributed by atoms with E-state index in [1.54, 1.807) is 13.3 Å². The number of para-hydroxylation sites is 1. The summed E-state index contributed by atoms with van der Waals surface area (Å²) in [6.45, 7) is 3.56. The molecule has 0 aliphatic carbocycles. The Morgan fingerprint density at radius 1 is 1.25 bits per heavy atom. The summed E-state index contributed by atoms with van der Waals surface area (Å²) in [5.74, 6) is 2.42. The van der Waals surface area contributed by atoms with Crippen LogP contribution < -0.4 is 15.0 Å². The van der Waals surface area contributed by atoms with Crippen LogP contribution in [0.3, 0.4) is 0 Å². The van der Waals surface area contributed by atoms with Gasteiger partial charge >= 0.3 is 0 Å². The van der Waals surface area contributed by atoms with Gasteiger partial charge in [0.05, 0.1) is 7.11 Å². The zero-order chi connectivity index (χ0) is 14.4. The average Bonchev–Trinajstić information content (AvgIpc) is 2.48. The van der Waals surface area contributed by atoms with Gasteiger partial charge in [0.1, 0.15) is 11.6 Å². The van der Waals surface area contributed by atoms with Gasteiger partial charge in [-0.25, -0.2) is 4.98 Å². The van der Waals surface area contributed by atoms with Gasteiger partial charge in [-0.05, 0) is 19.1 Å². The smallest absolute Gasteiger partial charge is 0.224 e. The first-order chi connectivity index (χ1) is 9.74. The molecule has 1 heterocycles. The van der Waals surface area contributed by atoms with Crippen LogP contribution in [0.2, 0.25) is 0 Å². The number of benzene rings is 1. The molecule has 1 aromatic heterocycles. The minimum atomic E-state index is 0.650. The topological polar surface area (TPSA) is 50.3 Å². The monoisotopic (exact) mass is 272 g/mol. The van der Waals surface area contributed by atoms with Crippen LogP contribution in [-0.2, 0) is 6.54 Å². The number of methoxy groups -OCH3 is 1. The van der Waals surface area contributed by atoms with Crippen molar-refractivity contribution in [3.8, 4) is 5.75 Å². The van der Waals surface area contributed by atoms with Gasteiger partial charge in [-0.15, -0.1) is 0 Å². The van der Waals surface area contributed by atoms with E-state index in [1.807, 2.05) is 38.2 Å². The quantitative estimate of drug-likeness (QED) is 0.875. The molecule has 5 nitrogen and oxygen atoms in total. The minimum Gasteiger partial charge on any atom is -0.496 e. The number of aromatic nitrogens is 2. The molecule has 20 heavy (non-hydrogen) atoms. The molecular weight excluding hydrogens is 252 g/mol. The van der Waals surface area contributed by atoms with Crippen molar-refractivity contribution >= 4 is 11.8 Å². The van der Waals surface area contributed by atoms with E-state index in [9.17, 15) is 0 Å². The van der Waals surface area contributed by atoms with Crippen molar-refractivity contribution in [2.75, 3.05) is 30.9 Å². The van der Waals surface area contributed by atoms with E-state index < -0.39 is 0 Å². The second kappa shape index (κ2) is 6.75. The fourth-order valence-electron chi connectivity index (χ4n) is 1.98. The Morgan fingerprint density at radius 2 is 2.05 bits per heavy atom. The highest BCUT2D eigenvalue weighted by Gasteiger charge is 2.08. The third-order valence-corrected chi connectivity index (χ3v) is 2.97. The maximum absolute atomic E-state index is 5.37. The number of nitrogens with one attached hydrogen (secondary N) is 1. The van der Waals surface area contributed by atoms with Gasteiger partial charge in [-0.2, -0.15) is 4.98 Å².